The van der Waals surface area contributed by atoms with Crippen molar-refractivity contribution in [2.24, 2.45) is 11.0 Å². The van der Waals surface area contributed by atoms with Crippen LogP contribution < -0.4 is 10.2 Å². The Hall–Kier alpha value is -2.11. The molecule has 1 fully saturated rings. The van der Waals surface area contributed by atoms with Crippen molar-refractivity contribution >= 4 is 11.6 Å². The predicted octanol–water partition coefficient (Wildman–Crippen LogP) is 0.266. The van der Waals surface area contributed by atoms with Gasteiger partial charge in [0.1, 0.15) is 17.6 Å². The average molecular weight is 260 g/mol. The summed E-state index contributed by atoms with van der Waals surface area (Å²) in [6.07, 6.45) is 3.45. The maximum Gasteiger partial charge on any atom is 0.270 e. The summed E-state index contributed by atoms with van der Waals surface area (Å²) in [7, 11) is 0. The minimum atomic E-state index is 0.0204. The van der Waals surface area contributed by atoms with Gasteiger partial charge in [-0.25, -0.2) is 0 Å². The fourth-order valence-corrected chi connectivity index (χ4v) is 2.18. The first kappa shape index (κ1) is 12.0. The van der Waals surface area contributed by atoms with E-state index in [1.54, 1.807) is 17.3 Å². The lowest BCUT2D eigenvalue weighted by molar-refractivity contribution is -0.132. The van der Waals surface area contributed by atoms with Gasteiger partial charge in [-0.15, -0.1) is 0 Å². The van der Waals surface area contributed by atoms with E-state index < -0.39 is 0 Å². The Balaban J connectivity index is 1.52. The molecular formula is C13H16N4O2. The van der Waals surface area contributed by atoms with Crippen LogP contribution in [-0.2, 0) is 4.79 Å². The number of hydrogen-bond donors (Lipinski definition) is 1. The van der Waals surface area contributed by atoms with E-state index in [4.69, 9.17) is 4.74 Å². The molecule has 2 aliphatic heterocycles. The molecule has 6 nitrogen and oxygen atoms in total. The van der Waals surface area contributed by atoms with Gasteiger partial charge in [0.25, 0.3) is 5.91 Å². The summed E-state index contributed by atoms with van der Waals surface area (Å²) in [5, 5.41) is 4.05. The van der Waals surface area contributed by atoms with Gasteiger partial charge in [0.15, 0.2) is 0 Å². The second-order valence-electron chi connectivity index (χ2n) is 4.89. The molecule has 1 amide bonds. The van der Waals surface area contributed by atoms with Crippen LogP contribution in [0, 0.1) is 5.92 Å². The fraction of sp³-hybridized carbons (Fsp3) is 0.462. The largest absolute Gasteiger partial charge is 0.487 e. The van der Waals surface area contributed by atoms with E-state index in [-0.39, 0.29) is 17.9 Å². The van der Waals surface area contributed by atoms with Crippen LogP contribution in [0.2, 0.25) is 0 Å². The summed E-state index contributed by atoms with van der Waals surface area (Å²) < 4.78 is 5.73. The molecule has 0 bridgehead atoms. The Bertz CT molecular complexity index is 497. The standard InChI is InChI=1S/C13H16N4O2/c1-9-6-15-16-12(9)13(18)17-7-11(8-17)19-10-2-4-14-5-3-10/h2-5,9,11,15H,6-8H2,1H3. The van der Waals surface area contributed by atoms with Crippen molar-refractivity contribution in [3.8, 4) is 5.75 Å². The first-order valence-corrected chi connectivity index (χ1v) is 6.40. The highest BCUT2D eigenvalue weighted by molar-refractivity contribution is 6.40. The maximum atomic E-state index is 12.1. The molecular weight excluding hydrogens is 244 g/mol. The van der Waals surface area contributed by atoms with Crippen LogP contribution in [0.5, 0.6) is 5.75 Å². The van der Waals surface area contributed by atoms with Crippen LogP contribution in [0.15, 0.2) is 29.6 Å². The summed E-state index contributed by atoms with van der Waals surface area (Å²) in [6.45, 7) is 3.98. The van der Waals surface area contributed by atoms with Crippen molar-refractivity contribution in [3.05, 3.63) is 24.5 Å². The lowest BCUT2D eigenvalue weighted by Crippen LogP contribution is -2.58. The number of carbonyl (C=O) groups excluding carboxylic acids is 1. The zero-order valence-corrected chi connectivity index (χ0v) is 10.7. The van der Waals surface area contributed by atoms with Crippen molar-refractivity contribution in [2.75, 3.05) is 19.6 Å². The van der Waals surface area contributed by atoms with E-state index in [9.17, 15) is 4.79 Å². The number of nitrogens with one attached hydrogen (secondary N) is 1. The molecule has 1 saturated heterocycles. The number of likely N-dealkylation sites (tertiary alicyclic amines) is 1. The maximum absolute atomic E-state index is 12.1. The normalized spacial score (nSPS) is 22.5. The van der Waals surface area contributed by atoms with E-state index in [0.717, 1.165) is 12.3 Å². The highest BCUT2D eigenvalue weighted by atomic mass is 16.5. The lowest BCUT2D eigenvalue weighted by atomic mass is 10.0. The number of aromatic nitrogens is 1. The van der Waals surface area contributed by atoms with Crippen LogP contribution in [-0.4, -0.2) is 47.2 Å². The number of hydrogen-bond acceptors (Lipinski definition) is 5. The van der Waals surface area contributed by atoms with Crippen LogP contribution in [0.1, 0.15) is 6.92 Å². The van der Waals surface area contributed by atoms with Crippen molar-refractivity contribution in [3.63, 3.8) is 0 Å². The highest BCUT2D eigenvalue weighted by Crippen LogP contribution is 2.19. The number of nitrogens with zero attached hydrogens (tertiary/aromatic N) is 3. The van der Waals surface area contributed by atoms with Gasteiger partial charge in [0.2, 0.25) is 0 Å². The second-order valence-corrected chi connectivity index (χ2v) is 4.89. The molecule has 1 atom stereocenters. The van der Waals surface area contributed by atoms with Crippen molar-refractivity contribution in [1.82, 2.24) is 15.3 Å². The Morgan fingerprint density at radius 2 is 2.16 bits per heavy atom. The second kappa shape index (κ2) is 4.87. The number of pyridine rings is 1. The number of hydrazone groups is 1. The van der Waals surface area contributed by atoms with Crippen LogP contribution in [0.3, 0.4) is 0 Å². The fourth-order valence-electron chi connectivity index (χ4n) is 2.18. The molecule has 1 unspecified atom stereocenters. The number of carbonyl (C=O) groups is 1. The van der Waals surface area contributed by atoms with Gasteiger partial charge < -0.3 is 15.1 Å². The van der Waals surface area contributed by atoms with Crippen molar-refractivity contribution in [2.45, 2.75) is 13.0 Å². The van der Waals surface area contributed by atoms with Gasteiger partial charge in [0, 0.05) is 24.9 Å². The van der Waals surface area contributed by atoms with E-state index in [1.807, 2.05) is 19.1 Å². The smallest absolute Gasteiger partial charge is 0.270 e. The zero-order valence-electron chi connectivity index (χ0n) is 10.7. The van der Waals surface area contributed by atoms with Gasteiger partial charge in [0.05, 0.1) is 13.1 Å². The number of rotatable bonds is 3. The third-order valence-corrected chi connectivity index (χ3v) is 3.37. The minimum absolute atomic E-state index is 0.0204. The molecule has 1 aromatic heterocycles. The Morgan fingerprint density at radius 3 is 2.79 bits per heavy atom. The topological polar surface area (TPSA) is 66.8 Å². The van der Waals surface area contributed by atoms with Crippen molar-refractivity contribution in [1.29, 1.82) is 0 Å². The van der Waals surface area contributed by atoms with E-state index in [0.29, 0.717) is 18.8 Å². The monoisotopic (exact) mass is 260 g/mol. The third-order valence-electron chi connectivity index (χ3n) is 3.37. The van der Waals surface area contributed by atoms with Gasteiger partial charge in [-0.05, 0) is 12.1 Å². The molecule has 0 aromatic carbocycles. The number of ether oxygens (including phenoxy) is 1. The average Bonchev–Trinajstić information content (AvgIpc) is 2.80. The van der Waals surface area contributed by atoms with E-state index in [1.165, 1.54) is 0 Å². The van der Waals surface area contributed by atoms with Gasteiger partial charge in [-0.3, -0.25) is 9.78 Å². The Morgan fingerprint density at radius 1 is 1.42 bits per heavy atom. The first-order valence-electron chi connectivity index (χ1n) is 6.40. The van der Waals surface area contributed by atoms with Crippen LogP contribution in [0.4, 0.5) is 0 Å². The zero-order chi connectivity index (χ0) is 13.2. The third kappa shape index (κ3) is 2.38. The van der Waals surface area contributed by atoms with Gasteiger partial charge in [-0.2, -0.15) is 5.10 Å². The summed E-state index contributed by atoms with van der Waals surface area (Å²) in [4.78, 5) is 17.8. The van der Waals surface area contributed by atoms with E-state index in [2.05, 4.69) is 15.5 Å². The predicted molar refractivity (Wildman–Crippen MR) is 69.8 cm³/mol. The molecule has 0 aliphatic carbocycles. The Labute approximate surface area is 111 Å². The number of amides is 1. The molecule has 0 saturated carbocycles. The summed E-state index contributed by atoms with van der Waals surface area (Å²) >= 11 is 0. The first-order chi connectivity index (χ1) is 9.24. The summed E-state index contributed by atoms with van der Waals surface area (Å²) in [5.41, 5.74) is 3.49. The molecule has 3 heterocycles. The van der Waals surface area contributed by atoms with E-state index >= 15 is 0 Å². The minimum Gasteiger partial charge on any atom is -0.487 e. The SMILES string of the molecule is CC1CNN=C1C(=O)N1CC(Oc2ccncc2)C1. The van der Waals surface area contributed by atoms with Crippen LogP contribution >= 0.6 is 0 Å². The van der Waals surface area contributed by atoms with Crippen molar-refractivity contribution < 1.29 is 9.53 Å². The molecule has 100 valence electrons. The lowest BCUT2D eigenvalue weighted by Gasteiger charge is -2.39. The summed E-state index contributed by atoms with van der Waals surface area (Å²) in [5.74, 6) is 1.00. The molecule has 2 aliphatic rings. The quantitative estimate of drug-likeness (QED) is 0.847. The molecule has 6 heteroatoms. The van der Waals surface area contributed by atoms with Crippen LogP contribution in [0.25, 0.3) is 0 Å². The highest BCUT2D eigenvalue weighted by Gasteiger charge is 2.36. The van der Waals surface area contributed by atoms with Gasteiger partial charge >= 0.3 is 0 Å². The molecule has 1 N–H and O–H groups in total. The summed E-state index contributed by atoms with van der Waals surface area (Å²) in [6, 6.07) is 3.63. The molecule has 0 radical (unpaired) electrons. The molecule has 19 heavy (non-hydrogen) atoms. The molecule has 1 aromatic rings. The Kier molecular flexibility index (Phi) is 3.06. The molecule has 3 rings (SSSR count). The molecule has 0 spiro atoms. The van der Waals surface area contributed by atoms with Gasteiger partial charge in [-0.1, -0.05) is 6.92 Å².